The average molecular weight is 394 g/mol. The molecule has 0 saturated heterocycles. The van der Waals surface area contributed by atoms with E-state index in [0.29, 0.717) is 33.5 Å². The summed E-state index contributed by atoms with van der Waals surface area (Å²) < 4.78 is 0. The van der Waals surface area contributed by atoms with Gasteiger partial charge in [0, 0.05) is 22.8 Å². The van der Waals surface area contributed by atoms with Crippen molar-refractivity contribution in [1.29, 1.82) is 0 Å². The molecule has 5 nitrogen and oxygen atoms in total. The van der Waals surface area contributed by atoms with E-state index in [4.69, 9.17) is 28.9 Å². The van der Waals surface area contributed by atoms with Crippen LogP contribution in [0.4, 0.5) is 11.4 Å². The second kappa shape index (κ2) is 8.92. The highest BCUT2D eigenvalue weighted by molar-refractivity contribution is 6.35. The maximum Gasteiger partial charge on any atom is 0.254 e. The molecule has 0 aliphatic rings. The van der Waals surface area contributed by atoms with Gasteiger partial charge in [-0.25, -0.2) is 0 Å². The van der Waals surface area contributed by atoms with Gasteiger partial charge in [-0.1, -0.05) is 36.2 Å². The van der Waals surface area contributed by atoms with Gasteiger partial charge in [0.15, 0.2) is 0 Å². The number of hydrogen-bond donors (Lipinski definition) is 2. The molecule has 0 aliphatic carbocycles. The van der Waals surface area contributed by atoms with Crippen LogP contribution in [0, 0.1) is 6.92 Å². The quantitative estimate of drug-likeness (QED) is 0.715. The summed E-state index contributed by atoms with van der Waals surface area (Å²) in [5.41, 5.74) is 8.01. The minimum atomic E-state index is -0.350. The maximum atomic E-state index is 12.9. The highest BCUT2D eigenvalue weighted by Crippen LogP contribution is 2.25. The molecule has 0 unspecified atom stereocenters. The Kier molecular flexibility index (Phi) is 6.89. The number of nitrogens with two attached hydrogens (primary N) is 1. The van der Waals surface area contributed by atoms with Crippen LogP contribution in [0.2, 0.25) is 10.0 Å². The number of carbonyl (C=O) groups is 2. The molecule has 2 amide bonds. The topological polar surface area (TPSA) is 75.4 Å². The fourth-order valence-electron chi connectivity index (χ4n) is 2.52. The fraction of sp³-hybridized carbons (Fsp3) is 0.263. The number of rotatable bonds is 6. The minimum absolute atomic E-state index is 0.0935. The fourth-order valence-corrected chi connectivity index (χ4v) is 2.86. The van der Waals surface area contributed by atoms with Crippen LogP contribution in [0.25, 0.3) is 0 Å². The molecular weight excluding hydrogens is 373 g/mol. The zero-order valence-electron chi connectivity index (χ0n) is 14.7. The van der Waals surface area contributed by atoms with Crippen molar-refractivity contribution < 1.29 is 9.59 Å². The number of halogens is 2. The van der Waals surface area contributed by atoms with Gasteiger partial charge in [-0.2, -0.15) is 0 Å². The molecule has 0 heterocycles. The normalized spacial score (nSPS) is 10.5. The minimum Gasteiger partial charge on any atom is -0.399 e. The lowest BCUT2D eigenvalue weighted by atomic mass is 10.1. The molecule has 0 atom stereocenters. The van der Waals surface area contributed by atoms with E-state index in [2.05, 4.69) is 5.32 Å². The Labute approximate surface area is 163 Å². The maximum absolute atomic E-state index is 12.9. The second-order valence-electron chi connectivity index (χ2n) is 5.97. The van der Waals surface area contributed by atoms with Crippen LogP contribution in [-0.2, 0) is 4.79 Å². The highest BCUT2D eigenvalue weighted by atomic mass is 35.5. The number of aryl methyl sites for hydroxylation is 1. The number of amides is 2. The van der Waals surface area contributed by atoms with Crippen LogP contribution >= 0.6 is 23.2 Å². The zero-order valence-corrected chi connectivity index (χ0v) is 16.2. The molecule has 138 valence electrons. The number of nitrogen functional groups attached to an aromatic ring is 1. The van der Waals surface area contributed by atoms with E-state index in [9.17, 15) is 9.59 Å². The molecule has 0 aromatic heterocycles. The summed E-state index contributed by atoms with van der Waals surface area (Å²) in [6.07, 6.45) is 0.721. The van der Waals surface area contributed by atoms with Crippen molar-refractivity contribution in [2.45, 2.75) is 20.3 Å². The van der Waals surface area contributed by atoms with Crippen molar-refractivity contribution in [2.75, 3.05) is 24.1 Å². The first kappa shape index (κ1) is 20.1. The van der Waals surface area contributed by atoms with Crippen molar-refractivity contribution in [3.8, 4) is 0 Å². The standard InChI is InChI=1S/C19H21Cl2N3O2/c1-3-8-24(19(26)15-10-14(22)6-4-12(15)2)11-18(25)23-17-9-13(20)5-7-16(17)21/h4-7,9-10H,3,8,11,22H2,1-2H3,(H,23,25). The molecule has 26 heavy (non-hydrogen) atoms. The predicted molar refractivity (Wildman–Crippen MR) is 107 cm³/mol. The first-order chi connectivity index (χ1) is 12.3. The Morgan fingerprint density at radius 2 is 1.88 bits per heavy atom. The van der Waals surface area contributed by atoms with Gasteiger partial charge >= 0.3 is 0 Å². The Morgan fingerprint density at radius 1 is 1.15 bits per heavy atom. The number of hydrogen-bond acceptors (Lipinski definition) is 3. The largest absolute Gasteiger partial charge is 0.399 e. The lowest BCUT2D eigenvalue weighted by Crippen LogP contribution is -2.38. The third-order valence-electron chi connectivity index (χ3n) is 3.81. The van der Waals surface area contributed by atoms with E-state index in [-0.39, 0.29) is 18.4 Å². The predicted octanol–water partition coefficient (Wildman–Crippen LogP) is 4.37. The van der Waals surface area contributed by atoms with E-state index in [1.54, 1.807) is 36.4 Å². The van der Waals surface area contributed by atoms with Crippen molar-refractivity contribution >= 4 is 46.4 Å². The van der Waals surface area contributed by atoms with Crippen LogP contribution in [-0.4, -0.2) is 29.8 Å². The number of anilines is 2. The van der Waals surface area contributed by atoms with E-state index >= 15 is 0 Å². The SMILES string of the molecule is CCCN(CC(=O)Nc1cc(Cl)ccc1Cl)C(=O)c1cc(N)ccc1C. The highest BCUT2D eigenvalue weighted by Gasteiger charge is 2.20. The Bertz CT molecular complexity index is 824. The zero-order chi connectivity index (χ0) is 19.3. The summed E-state index contributed by atoms with van der Waals surface area (Å²) in [7, 11) is 0. The Morgan fingerprint density at radius 3 is 2.58 bits per heavy atom. The molecule has 2 aromatic rings. The first-order valence-electron chi connectivity index (χ1n) is 8.22. The van der Waals surface area contributed by atoms with Crippen LogP contribution in [0.1, 0.15) is 29.3 Å². The van der Waals surface area contributed by atoms with E-state index < -0.39 is 0 Å². The average Bonchev–Trinajstić information content (AvgIpc) is 2.59. The van der Waals surface area contributed by atoms with Gasteiger partial charge in [0.2, 0.25) is 5.91 Å². The Balaban J connectivity index is 2.16. The van der Waals surface area contributed by atoms with Gasteiger partial charge in [-0.3, -0.25) is 9.59 Å². The van der Waals surface area contributed by atoms with Gasteiger partial charge in [0.05, 0.1) is 10.7 Å². The van der Waals surface area contributed by atoms with Crippen LogP contribution in [0.15, 0.2) is 36.4 Å². The van der Waals surface area contributed by atoms with E-state index in [0.717, 1.165) is 12.0 Å². The second-order valence-corrected chi connectivity index (χ2v) is 6.82. The Hall–Kier alpha value is -2.24. The van der Waals surface area contributed by atoms with E-state index in [1.165, 1.54) is 4.90 Å². The first-order valence-corrected chi connectivity index (χ1v) is 8.97. The number of carbonyl (C=O) groups excluding carboxylic acids is 2. The molecular formula is C19H21Cl2N3O2. The van der Waals surface area contributed by atoms with Gasteiger partial charge in [-0.15, -0.1) is 0 Å². The summed E-state index contributed by atoms with van der Waals surface area (Å²) in [5, 5.41) is 3.54. The third kappa shape index (κ3) is 5.13. The van der Waals surface area contributed by atoms with Gasteiger partial charge in [-0.05, 0) is 49.2 Å². The smallest absolute Gasteiger partial charge is 0.254 e. The van der Waals surface area contributed by atoms with Crippen molar-refractivity contribution in [2.24, 2.45) is 0 Å². The molecule has 0 fully saturated rings. The summed E-state index contributed by atoms with van der Waals surface area (Å²) in [5.74, 6) is -0.582. The van der Waals surface area contributed by atoms with Crippen molar-refractivity contribution in [1.82, 2.24) is 4.90 Å². The van der Waals surface area contributed by atoms with Crippen LogP contribution in [0.3, 0.4) is 0 Å². The lowest BCUT2D eigenvalue weighted by Gasteiger charge is -2.23. The molecule has 0 radical (unpaired) electrons. The molecule has 3 N–H and O–H groups in total. The molecule has 2 rings (SSSR count). The molecule has 0 bridgehead atoms. The van der Waals surface area contributed by atoms with Crippen LogP contribution < -0.4 is 11.1 Å². The van der Waals surface area contributed by atoms with Gasteiger partial charge < -0.3 is 16.0 Å². The summed E-state index contributed by atoms with van der Waals surface area (Å²) in [6, 6.07) is 9.96. The molecule has 7 heteroatoms. The molecule has 2 aromatic carbocycles. The molecule has 0 saturated carbocycles. The number of benzene rings is 2. The lowest BCUT2D eigenvalue weighted by molar-refractivity contribution is -0.116. The van der Waals surface area contributed by atoms with Crippen molar-refractivity contribution in [3.63, 3.8) is 0 Å². The summed E-state index contributed by atoms with van der Waals surface area (Å²) in [6.45, 7) is 4.13. The van der Waals surface area contributed by atoms with Crippen LogP contribution in [0.5, 0.6) is 0 Å². The molecule has 0 spiro atoms. The number of nitrogens with zero attached hydrogens (tertiary/aromatic N) is 1. The summed E-state index contributed by atoms with van der Waals surface area (Å²) in [4.78, 5) is 26.8. The van der Waals surface area contributed by atoms with Gasteiger partial charge in [0.1, 0.15) is 6.54 Å². The van der Waals surface area contributed by atoms with Crippen molar-refractivity contribution in [3.05, 3.63) is 57.6 Å². The monoisotopic (exact) mass is 393 g/mol. The summed E-state index contributed by atoms with van der Waals surface area (Å²) >= 11 is 12.0. The van der Waals surface area contributed by atoms with Gasteiger partial charge in [0.25, 0.3) is 5.91 Å². The number of nitrogens with one attached hydrogen (secondary N) is 1. The molecule has 0 aliphatic heterocycles. The van der Waals surface area contributed by atoms with E-state index in [1.807, 2.05) is 13.8 Å². The third-order valence-corrected chi connectivity index (χ3v) is 4.37.